The number of nitrogens with zero attached hydrogens (tertiary/aromatic N) is 2. The van der Waals surface area contributed by atoms with Crippen molar-refractivity contribution in [1.82, 2.24) is 9.55 Å². The molecule has 7 heteroatoms. The molecule has 1 aromatic heterocycles. The summed E-state index contributed by atoms with van der Waals surface area (Å²) in [7, 11) is 1.55. The standard InChI is InChI=1S/C24H22N2O5/c1-31-17-12-10-16(11-13-17)26-23(15-6-3-2-4-7-15)25-14-18(24(26)30)22(29)21-19(27)8-5-9-20(21)28/h2-4,6-7,10-14,19,21,27H,5,8-9H2,1H3. The summed E-state index contributed by atoms with van der Waals surface area (Å²) in [4.78, 5) is 43.3. The second-order valence-electron chi connectivity index (χ2n) is 7.47. The van der Waals surface area contributed by atoms with Gasteiger partial charge in [-0.1, -0.05) is 30.3 Å². The van der Waals surface area contributed by atoms with Crippen molar-refractivity contribution in [2.24, 2.45) is 5.92 Å². The number of hydrogen-bond acceptors (Lipinski definition) is 6. The third kappa shape index (κ3) is 3.92. The molecule has 1 aliphatic rings. The molecule has 0 bridgehead atoms. The number of aliphatic hydroxyl groups is 1. The SMILES string of the molecule is COc1ccc(-n2c(-c3ccccc3)ncc(C(=O)C3C(=O)CCCC3O)c2=O)cc1. The highest BCUT2D eigenvalue weighted by Gasteiger charge is 2.38. The molecule has 1 fully saturated rings. The van der Waals surface area contributed by atoms with Crippen LogP contribution in [0, 0.1) is 5.92 Å². The molecule has 3 aromatic rings. The normalized spacial score (nSPS) is 18.6. The number of rotatable bonds is 5. The van der Waals surface area contributed by atoms with Crippen molar-refractivity contribution in [1.29, 1.82) is 0 Å². The van der Waals surface area contributed by atoms with Gasteiger partial charge < -0.3 is 9.84 Å². The van der Waals surface area contributed by atoms with Gasteiger partial charge in [0.05, 0.1) is 18.9 Å². The number of aliphatic hydroxyl groups excluding tert-OH is 1. The van der Waals surface area contributed by atoms with Crippen LogP contribution in [-0.2, 0) is 4.79 Å². The van der Waals surface area contributed by atoms with Gasteiger partial charge in [-0.25, -0.2) is 4.98 Å². The van der Waals surface area contributed by atoms with Gasteiger partial charge in [-0.2, -0.15) is 0 Å². The monoisotopic (exact) mass is 418 g/mol. The van der Waals surface area contributed by atoms with Gasteiger partial charge >= 0.3 is 0 Å². The van der Waals surface area contributed by atoms with Crippen LogP contribution in [0.4, 0.5) is 0 Å². The van der Waals surface area contributed by atoms with Crippen molar-refractivity contribution in [3.05, 3.63) is 76.7 Å². The Morgan fingerprint density at radius 2 is 1.81 bits per heavy atom. The van der Waals surface area contributed by atoms with Crippen molar-refractivity contribution in [2.45, 2.75) is 25.4 Å². The number of benzene rings is 2. The molecule has 0 spiro atoms. The average molecular weight is 418 g/mol. The van der Waals surface area contributed by atoms with Crippen LogP contribution in [0.2, 0.25) is 0 Å². The van der Waals surface area contributed by atoms with E-state index in [0.717, 1.165) is 0 Å². The van der Waals surface area contributed by atoms with E-state index in [1.165, 1.54) is 10.8 Å². The Hall–Kier alpha value is -3.58. The molecule has 0 amide bonds. The fourth-order valence-electron chi connectivity index (χ4n) is 3.90. The molecule has 0 aliphatic heterocycles. The van der Waals surface area contributed by atoms with Crippen LogP contribution >= 0.6 is 0 Å². The maximum atomic E-state index is 13.5. The first-order valence-electron chi connectivity index (χ1n) is 10.1. The van der Waals surface area contributed by atoms with E-state index in [0.29, 0.717) is 35.7 Å². The molecule has 1 aliphatic carbocycles. The van der Waals surface area contributed by atoms with E-state index in [4.69, 9.17) is 4.74 Å². The Kier molecular flexibility index (Phi) is 5.77. The third-order valence-electron chi connectivity index (χ3n) is 5.53. The molecule has 1 N–H and O–H groups in total. The first kappa shape index (κ1) is 20.7. The first-order valence-corrected chi connectivity index (χ1v) is 10.1. The van der Waals surface area contributed by atoms with E-state index in [2.05, 4.69) is 4.98 Å². The van der Waals surface area contributed by atoms with Crippen molar-refractivity contribution in [2.75, 3.05) is 7.11 Å². The Morgan fingerprint density at radius 1 is 1.10 bits per heavy atom. The number of hydrogen-bond donors (Lipinski definition) is 1. The van der Waals surface area contributed by atoms with Crippen LogP contribution in [0.5, 0.6) is 5.75 Å². The molecule has 2 unspecified atom stereocenters. The summed E-state index contributed by atoms with van der Waals surface area (Å²) < 4.78 is 6.54. The summed E-state index contributed by atoms with van der Waals surface area (Å²) in [5.74, 6) is -1.27. The van der Waals surface area contributed by atoms with Crippen molar-refractivity contribution in [3.63, 3.8) is 0 Å². The van der Waals surface area contributed by atoms with Crippen molar-refractivity contribution < 1.29 is 19.4 Å². The number of carbonyl (C=O) groups excluding carboxylic acids is 2. The number of ketones is 2. The molecular formula is C24H22N2O5. The lowest BCUT2D eigenvalue weighted by molar-refractivity contribution is -0.126. The predicted octanol–water partition coefficient (Wildman–Crippen LogP) is 2.82. The highest BCUT2D eigenvalue weighted by Crippen LogP contribution is 2.26. The average Bonchev–Trinajstić information content (AvgIpc) is 2.79. The van der Waals surface area contributed by atoms with Gasteiger partial charge in [-0.15, -0.1) is 0 Å². The van der Waals surface area contributed by atoms with E-state index in [1.807, 2.05) is 30.3 Å². The summed E-state index contributed by atoms with van der Waals surface area (Å²) in [5.41, 5.74) is 0.398. The number of methoxy groups -OCH3 is 1. The zero-order valence-corrected chi connectivity index (χ0v) is 17.0. The first-order chi connectivity index (χ1) is 15.0. The lowest BCUT2D eigenvalue weighted by Gasteiger charge is -2.25. The van der Waals surface area contributed by atoms with E-state index < -0.39 is 23.4 Å². The number of Topliss-reactive ketones (excluding diaryl/α,β-unsaturated/α-hetero) is 2. The smallest absolute Gasteiger partial charge is 0.269 e. The van der Waals surface area contributed by atoms with E-state index in [-0.39, 0.29) is 17.8 Å². The lowest BCUT2D eigenvalue weighted by Crippen LogP contribution is -2.41. The molecule has 2 aromatic carbocycles. The molecule has 7 nitrogen and oxygen atoms in total. The summed E-state index contributed by atoms with van der Waals surface area (Å²) in [6.07, 6.45) is 1.23. The molecule has 2 atom stereocenters. The number of aromatic nitrogens is 2. The molecule has 4 rings (SSSR count). The summed E-state index contributed by atoms with van der Waals surface area (Å²) >= 11 is 0. The number of carbonyl (C=O) groups is 2. The lowest BCUT2D eigenvalue weighted by atomic mass is 9.81. The van der Waals surface area contributed by atoms with Crippen LogP contribution in [0.3, 0.4) is 0 Å². The van der Waals surface area contributed by atoms with Crippen LogP contribution in [0.15, 0.2) is 65.6 Å². The molecule has 0 saturated heterocycles. The van der Waals surface area contributed by atoms with Crippen LogP contribution < -0.4 is 10.3 Å². The van der Waals surface area contributed by atoms with Gasteiger partial charge in [-0.05, 0) is 37.1 Å². The maximum Gasteiger partial charge on any atom is 0.269 e. The maximum absolute atomic E-state index is 13.5. The minimum absolute atomic E-state index is 0.213. The quantitative estimate of drug-likeness (QED) is 0.505. The van der Waals surface area contributed by atoms with E-state index in [1.54, 1.807) is 31.4 Å². The minimum atomic E-state index is -1.23. The van der Waals surface area contributed by atoms with E-state index in [9.17, 15) is 19.5 Å². The molecule has 31 heavy (non-hydrogen) atoms. The Bertz CT molecular complexity index is 1170. The molecule has 1 heterocycles. The molecule has 0 radical (unpaired) electrons. The van der Waals surface area contributed by atoms with Gasteiger partial charge in [0.15, 0.2) is 5.78 Å². The van der Waals surface area contributed by atoms with Crippen LogP contribution in [-0.4, -0.2) is 39.4 Å². The van der Waals surface area contributed by atoms with E-state index >= 15 is 0 Å². The fourth-order valence-corrected chi connectivity index (χ4v) is 3.90. The fraction of sp³-hybridized carbons (Fsp3) is 0.250. The highest BCUT2D eigenvalue weighted by molar-refractivity contribution is 6.11. The van der Waals surface area contributed by atoms with Crippen molar-refractivity contribution in [3.8, 4) is 22.8 Å². The topological polar surface area (TPSA) is 98.5 Å². The summed E-state index contributed by atoms with van der Waals surface area (Å²) in [6.45, 7) is 0. The Balaban J connectivity index is 1.88. The van der Waals surface area contributed by atoms with Gasteiger partial charge in [0, 0.05) is 18.2 Å². The highest BCUT2D eigenvalue weighted by atomic mass is 16.5. The molecule has 1 saturated carbocycles. The minimum Gasteiger partial charge on any atom is -0.497 e. The van der Waals surface area contributed by atoms with Gasteiger partial charge in [0.2, 0.25) is 0 Å². The molecule has 158 valence electrons. The van der Waals surface area contributed by atoms with Gasteiger partial charge in [0.25, 0.3) is 5.56 Å². The van der Waals surface area contributed by atoms with Crippen LogP contribution in [0.25, 0.3) is 17.1 Å². The summed E-state index contributed by atoms with van der Waals surface area (Å²) in [6, 6.07) is 16.0. The summed E-state index contributed by atoms with van der Waals surface area (Å²) in [5, 5.41) is 10.3. The van der Waals surface area contributed by atoms with Crippen molar-refractivity contribution >= 4 is 11.6 Å². The van der Waals surface area contributed by atoms with Crippen LogP contribution in [0.1, 0.15) is 29.6 Å². The molecular weight excluding hydrogens is 396 g/mol. The largest absolute Gasteiger partial charge is 0.497 e. The van der Waals surface area contributed by atoms with Gasteiger partial charge in [-0.3, -0.25) is 19.0 Å². The zero-order valence-electron chi connectivity index (χ0n) is 17.0. The van der Waals surface area contributed by atoms with Gasteiger partial charge in [0.1, 0.15) is 28.8 Å². The Labute approximate surface area is 179 Å². The second kappa shape index (κ2) is 8.65. The zero-order chi connectivity index (χ0) is 22.0. The Morgan fingerprint density at radius 3 is 2.45 bits per heavy atom. The second-order valence-corrected chi connectivity index (χ2v) is 7.47. The number of ether oxygens (including phenoxy) is 1. The predicted molar refractivity (Wildman–Crippen MR) is 115 cm³/mol. The third-order valence-corrected chi connectivity index (χ3v) is 5.53.